The zero-order valence-electron chi connectivity index (χ0n) is 18.9. The van der Waals surface area contributed by atoms with Crippen molar-refractivity contribution in [2.75, 3.05) is 36.4 Å². The van der Waals surface area contributed by atoms with Crippen LogP contribution in [0.1, 0.15) is 25.5 Å². The summed E-state index contributed by atoms with van der Waals surface area (Å²) < 4.78 is 14.7. The summed E-state index contributed by atoms with van der Waals surface area (Å²) in [5.74, 6) is -0.116. The minimum Gasteiger partial charge on any atom is -0.360 e. The number of piperazine rings is 1. The van der Waals surface area contributed by atoms with Crippen molar-refractivity contribution >= 4 is 58.4 Å². The van der Waals surface area contributed by atoms with Crippen LogP contribution in [0.15, 0.2) is 34.6 Å². The molecule has 2 aliphatic rings. The molecule has 184 valence electrons. The number of rotatable bonds is 7. The predicted octanol–water partition coefficient (Wildman–Crippen LogP) is 3.89. The highest BCUT2D eigenvalue weighted by Gasteiger charge is 2.33. The van der Waals surface area contributed by atoms with Gasteiger partial charge in [0.05, 0.1) is 16.8 Å². The molecule has 0 aromatic carbocycles. The Labute approximate surface area is 212 Å². The van der Waals surface area contributed by atoms with Crippen LogP contribution in [-0.2, 0) is 9.59 Å². The lowest BCUT2D eigenvalue weighted by Crippen LogP contribution is -2.53. The van der Waals surface area contributed by atoms with Crippen molar-refractivity contribution in [2.45, 2.75) is 38.8 Å². The Balaban J connectivity index is 1.70. The van der Waals surface area contributed by atoms with Crippen LogP contribution >= 0.6 is 34.8 Å². The lowest BCUT2D eigenvalue weighted by atomic mass is 10.2. The summed E-state index contributed by atoms with van der Waals surface area (Å²) in [7, 11) is 0. The fourth-order valence-electron chi connectivity index (χ4n) is 3.65. The Kier molecular flexibility index (Phi) is 8.78. The van der Waals surface area contributed by atoms with Crippen molar-refractivity contribution in [3.05, 3.63) is 45.3 Å². The van der Waals surface area contributed by atoms with Gasteiger partial charge in [0.2, 0.25) is 17.8 Å². The molecule has 2 atom stereocenters. The molecule has 34 heavy (non-hydrogen) atoms. The monoisotopic (exact) mass is 530 g/mol. The van der Waals surface area contributed by atoms with E-state index in [2.05, 4.69) is 27.2 Å². The molecule has 1 aromatic heterocycles. The highest BCUT2D eigenvalue weighted by atomic mass is 35.5. The van der Waals surface area contributed by atoms with E-state index < -0.39 is 17.9 Å². The number of halogens is 4. The Morgan fingerprint density at radius 1 is 1.29 bits per heavy atom. The van der Waals surface area contributed by atoms with Gasteiger partial charge in [-0.15, -0.1) is 0 Å². The molecule has 2 fully saturated rings. The van der Waals surface area contributed by atoms with Crippen molar-refractivity contribution in [1.82, 2.24) is 20.2 Å². The molecular weight excluding hydrogens is 506 g/mol. The lowest BCUT2D eigenvalue weighted by Gasteiger charge is -2.36. The highest BCUT2D eigenvalue weighted by molar-refractivity contribution is 6.35. The van der Waals surface area contributed by atoms with Gasteiger partial charge in [0.1, 0.15) is 16.9 Å². The molecule has 3 heterocycles. The smallest absolute Gasteiger partial charge is 0.245 e. The van der Waals surface area contributed by atoms with Crippen LogP contribution in [0.2, 0.25) is 5.02 Å². The second-order valence-corrected chi connectivity index (χ2v) is 9.26. The summed E-state index contributed by atoms with van der Waals surface area (Å²) in [6, 6.07) is -1.29. The minimum absolute atomic E-state index is 0.0698. The number of carbonyl (C=O) groups is 2. The van der Waals surface area contributed by atoms with E-state index in [4.69, 9.17) is 34.8 Å². The number of amides is 2. The largest absolute Gasteiger partial charge is 0.360 e. The van der Waals surface area contributed by atoms with Crippen LogP contribution in [0.3, 0.4) is 0 Å². The zero-order valence-corrected chi connectivity index (χ0v) is 21.1. The normalized spacial score (nSPS) is 20.6. The molecule has 2 aliphatic heterocycles. The van der Waals surface area contributed by atoms with E-state index in [0.717, 1.165) is 0 Å². The Morgan fingerprint density at radius 3 is 2.56 bits per heavy atom. The van der Waals surface area contributed by atoms with Gasteiger partial charge in [-0.05, 0) is 26.3 Å². The molecule has 1 aromatic rings. The fourth-order valence-corrected chi connectivity index (χ4v) is 4.24. The van der Waals surface area contributed by atoms with E-state index in [9.17, 15) is 14.0 Å². The first kappa shape index (κ1) is 26.2. The van der Waals surface area contributed by atoms with Gasteiger partial charge in [-0.25, -0.2) is 9.37 Å². The minimum atomic E-state index is -0.839. The van der Waals surface area contributed by atoms with E-state index in [-0.39, 0.29) is 32.7 Å². The van der Waals surface area contributed by atoms with Crippen LogP contribution in [0.5, 0.6) is 0 Å². The first-order valence-corrected chi connectivity index (χ1v) is 11.9. The summed E-state index contributed by atoms with van der Waals surface area (Å²) in [5.41, 5.74) is 0.527. The topological polar surface area (TPSA) is 90.5 Å². The summed E-state index contributed by atoms with van der Waals surface area (Å²) in [5, 5.41) is 5.97. The molecule has 3 rings (SSSR count). The molecule has 2 saturated heterocycles. The number of aromatic nitrogens is 2. The Bertz CT molecular complexity index is 1040. The molecule has 8 nitrogen and oxygen atoms in total. The van der Waals surface area contributed by atoms with Crippen molar-refractivity contribution in [3.8, 4) is 0 Å². The Morgan fingerprint density at radius 2 is 1.97 bits per heavy atom. The number of anilines is 2. The molecule has 2 N–H and O–H groups in total. The molecule has 2 amide bonds. The van der Waals surface area contributed by atoms with Crippen molar-refractivity contribution in [2.24, 2.45) is 0 Å². The number of aryl methyl sites for hydroxylation is 1. The molecular formula is C22H26Cl3FN6O2. The number of hydrogen-bond donors (Lipinski definition) is 2. The van der Waals surface area contributed by atoms with Gasteiger partial charge in [-0.3, -0.25) is 9.59 Å². The summed E-state index contributed by atoms with van der Waals surface area (Å²) in [6.45, 7) is 8.77. The highest BCUT2D eigenvalue weighted by Crippen LogP contribution is 2.29. The summed E-state index contributed by atoms with van der Waals surface area (Å²) in [4.78, 5) is 36.7. The van der Waals surface area contributed by atoms with Crippen molar-refractivity contribution in [3.63, 3.8) is 0 Å². The van der Waals surface area contributed by atoms with Gasteiger partial charge >= 0.3 is 0 Å². The molecule has 0 aliphatic carbocycles. The molecule has 0 radical (unpaired) electrons. The SMILES string of the molecule is C=C/C(Cl)=C\C(Cl)=C(/F)[C@@H](C)Nc1nc(N2CCN(C(=O)[C@H]3CCC(=O)N3)CC2)nc(C)c1Cl. The van der Waals surface area contributed by atoms with Crippen LogP contribution in [0.25, 0.3) is 0 Å². The van der Waals surface area contributed by atoms with Gasteiger partial charge in [0.25, 0.3) is 0 Å². The maximum Gasteiger partial charge on any atom is 0.245 e. The quantitative estimate of drug-likeness (QED) is 0.519. The molecule has 0 spiro atoms. The van der Waals surface area contributed by atoms with E-state index in [1.54, 1.807) is 18.7 Å². The maximum absolute atomic E-state index is 14.7. The average molecular weight is 532 g/mol. The lowest BCUT2D eigenvalue weighted by molar-refractivity contribution is -0.134. The van der Waals surface area contributed by atoms with Crippen LogP contribution < -0.4 is 15.5 Å². The van der Waals surface area contributed by atoms with Crippen LogP contribution in [0, 0.1) is 6.92 Å². The van der Waals surface area contributed by atoms with Gasteiger partial charge in [-0.2, -0.15) is 4.98 Å². The van der Waals surface area contributed by atoms with Gasteiger partial charge < -0.3 is 20.4 Å². The zero-order chi connectivity index (χ0) is 25.0. The second kappa shape index (κ2) is 11.4. The van der Waals surface area contributed by atoms with E-state index in [1.165, 1.54) is 12.2 Å². The van der Waals surface area contributed by atoms with Crippen LogP contribution in [-0.4, -0.2) is 64.9 Å². The second-order valence-electron chi connectivity index (χ2n) is 8.04. The average Bonchev–Trinajstić information content (AvgIpc) is 3.26. The van der Waals surface area contributed by atoms with E-state index in [0.29, 0.717) is 50.7 Å². The first-order valence-electron chi connectivity index (χ1n) is 10.8. The summed E-state index contributed by atoms with van der Waals surface area (Å²) >= 11 is 18.2. The molecule has 0 bridgehead atoms. The number of nitrogens with one attached hydrogen (secondary N) is 2. The van der Waals surface area contributed by atoms with E-state index >= 15 is 0 Å². The molecule has 0 saturated carbocycles. The molecule has 12 heteroatoms. The summed E-state index contributed by atoms with van der Waals surface area (Å²) in [6.07, 6.45) is 3.51. The molecule has 0 unspecified atom stereocenters. The third-order valence-corrected chi connectivity index (χ3v) is 6.60. The van der Waals surface area contributed by atoms with Crippen LogP contribution in [0.4, 0.5) is 16.2 Å². The van der Waals surface area contributed by atoms with Crippen molar-refractivity contribution in [1.29, 1.82) is 0 Å². The number of nitrogens with zero attached hydrogens (tertiary/aromatic N) is 4. The first-order chi connectivity index (χ1) is 16.1. The standard InChI is InChI=1S/C22H26Cl3FN6O2/c1-4-14(23)11-15(24)19(26)13(3)27-20-18(25)12(2)28-22(30-20)32-9-7-31(8-10-32)21(34)16-5-6-17(33)29-16/h4,11,13,16H,1,5-10H2,2-3H3,(H,29,33)(H,27,28,30)/b14-11+,19-15+/t13-,16-/m1/s1. The van der Waals surface area contributed by atoms with E-state index in [1.807, 2.05) is 4.90 Å². The predicted molar refractivity (Wildman–Crippen MR) is 133 cm³/mol. The number of hydrogen-bond acceptors (Lipinski definition) is 6. The Hall–Kier alpha value is -2.36. The maximum atomic E-state index is 14.7. The van der Waals surface area contributed by atoms with Gasteiger partial charge in [0, 0.05) is 37.6 Å². The third kappa shape index (κ3) is 6.20. The number of carbonyl (C=O) groups excluding carboxylic acids is 2. The third-order valence-electron chi connectivity index (χ3n) is 5.59. The van der Waals surface area contributed by atoms with Gasteiger partial charge in [0.15, 0.2) is 5.82 Å². The fraction of sp³-hybridized carbons (Fsp3) is 0.455. The van der Waals surface area contributed by atoms with Crippen molar-refractivity contribution < 1.29 is 14.0 Å². The van der Waals surface area contributed by atoms with Gasteiger partial charge in [-0.1, -0.05) is 47.5 Å². The number of allylic oxidation sites excluding steroid dienone is 4.